The molecule has 0 N–H and O–H groups in total. The molecule has 0 spiro atoms. The van der Waals surface area contributed by atoms with E-state index in [1.807, 2.05) is 72.8 Å². The second kappa shape index (κ2) is 13.9. The van der Waals surface area contributed by atoms with Gasteiger partial charge >= 0.3 is 0 Å². The van der Waals surface area contributed by atoms with E-state index in [0.717, 1.165) is 35.3 Å². The van der Waals surface area contributed by atoms with Crippen LogP contribution in [-0.2, 0) is 41.6 Å². The molecule has 0 aromatic heterocycles. The smallest absolute Gasteiger partial charge is 0.187 e. The van der Waals surface area contributed by atoms with Crippen LogP contribution in [0.2, 0.25) is 0 Å². The largest absolute Gasteiger partial charge is 0.497 e. The lowest BCUT2D eigenvalue weighted by atomic mass is 9.95. The highest BCUT2D eigenvalue weighted by Gasteiger charge is 2.52. The zero-order chi connectivity index (χ0) is 27.9. The van der Waals surface area contributed by atoms with Gasteiger partial charge in [0.05, 0.1) is 33.0 Å². The molecule has 3 fully saturated rings. The molecular weight excluding hydrogens is 520 g/mol. The summed E-state index contributed by atoms with van der Waals surface area (Å²) in [6, 6.07) is 28.1. The van der Waals surface area contributed by atoms with Gasteiger partial charge in [-0.05, 0) is 36.1 Å². The molecule has 3 aromatic rings. The maximum absolute atomic E-state index is 6.69. The summed E-state index contributed by atoms with van der Waals surface area (Å²) in [5, 5.41) is 0. The highest BCUT2D eigenvalue weighted by molar-refractivity contribution is 5.26. The second-order valence-corrected chi connectivity index (χ2v) is 11.0. The van der Waals surface area contributed by atoms with E-state index in [1.54, 1.807) is 7.11 Å². The predicted molar refractivity (Wildman–Crippen MR) is 153 cm³/mol. The molecule has 1 unspecified atom stereocenters. The molecule has 2 heterocycles. The lowest BCUT2D eigenvalue weighted by Gasteiger charge is -2.49. The van der Waals surface area contributed by atoms with Gasteiger partial charge in [0.25, 0.3) is 0 Å². The molecule has 1 saturated carbocycles. The van der Waals surface area contributed by atoms with Crippen LogP contribution >= 0.6 is 0 Å². The Labute approximate surface area is 242 Å². The molecule has 7 nitrogen and oxygen atoms in total. The third-order valence-electron chi connectivity index (χ3n) is 8.12. The fourth-order valence-corrected chi connectivity index (χ4v) is 5.87. The van der Waals surface area contributed by atoms with E-state index in [1.165, 1.54) is 19.3 Å². The maximum Gasteiger partial charge on any atom is 0.187 e. The van der Waals surface area contributed by atoms with E-state index in [0.29, 0.717) is 19.8 Å². The van der Waals surface area contributed by atoms with Gasteiger partial charge in [0.1, 0.15) is 30.2 Å². The fourth-order valence-electron chi connectivity index (χ4n) is 5.87. The number of hydrogen-bond acceptors (Lipinski definition) is 7. The average molecular weight is 561 g/mol. The van der Waals surface area contributed by atoms with Crippen LogP contribution in [0.4, 0.5) is 0 Å². The van der Waals surface area contributed by atoms with Gasteiger partial charge in [-0.3, -0.25) is 0 Å². The van der Waals surface area contributed by atoms with Crippen LogP contribution in [0.3, 0.4) is 0 Å². The van der Waals surface area contributed by atoms with Crippen LogP contribution in [0.25, 0.3) is 0 Å². The Morgan fingerprint density at radius 2 is 1.37 bits per heavy atom. The van der Waals surface area contributed by atoms with Crippen LogP contribution in [0.15, 0.2) is 84.9 Å². The Kier molecular flexibility index (Phi) is 9.63. The van der Waals surface area contributed by atoms with Crippen LogP contribution in [-0.4, -0.2) is 50.5 Å². The summed E-state index contributed by atoms with van der Waals surface area (Å²) in [7, 11) is 1.67. The number of ether oxygens (including phenoxy) is 7. The standard InChI is InChI=1S/C34H40O7/c1-35-27-19-17-25(18-20-27)22-37-32-31(36-21-24-11-5-2-6-12-24)30-29(40-34(32)39-28-15-9-4-10-16-28)23-38-33(41-30)26-13-7-3-8-14-26/h2-3,5-8,11-14,17-20,28-34H,4,9-10,15-16,21-23H2,1H3/t29-,30-,31+,32+,33?,34-/m1/s1. The van der Waals surface area contributed by atoms with Crippen LogP contribution < -0.4 is 4.74 Å². The third-order valence-corrected chi connectivity index (χ3v) is 8.12. The molecular formula is C34H40O7. The van der Waals surface area contributed by atoms with E-state index >= 15 is 0 Å². The Morgan fingerprint density at radius 3 is 2.07 bits per heavy atom. The monoisotopic (exact) mass is 560 g/mol. The summed E-state index contributed by atoms with van der Waals surface area (Å²) < 4.78 is 44.7. The van der Waals surface area contributed by atoms with Crippen molar-refractivity contribution in [3.8, 4) is 5.75 Å². The van der Waals surface area contributed by atoms with E-state index in [-0.39, 0.29) is 12.2 Å². The van der Waals surface area contributed by atoms with Gasteiger partial charge < -0.3 is 33.2 Å². The second-order valence-electron chi connectivity index (χ2n) is 11.0. The normalized spacial score (nSPS) is 28.6. The topological polar surface area (TPSA) is 64.6 Å². The van der Waals surface area contributed by atoms with E-state index in [2.05, 4.69) is 12.1 Å². The zero-order valence-corrected chi connectivity index (χ0v) is 23.6. The number of benzene rings is 3. The van der Waals surface area contributed by atoms with Crippen LogP contribution in [0, 0.1) is 0 Å². The lowest BCUT2D eigenvalue weighted by molar-refractivity contribution is -0.377. The van der Waals surface area contributed by atoms with Crippen molar-refractivity contribution in [2.45, 2.75) is 88.4 Å². The minimum absolute atomic E-state index is 0.134. The quantitative estimate of drug-likeness (QED) is 0.286. The molecule has 2 aliphatic heterocycles. The first-order chi connectivity index (χ1) is 20.3. The number of fused-ring (bicyclic) bond motifs is 1. The Morgan fingerprint density at radius 1 is 0.707 bits per heavy atom. The summed E-state index contributed by atoms with van der Waals surface area (Å²) >= 11 is 0. The third kappa shape index (κ3) is 7.17. The van der Waals surface area contributed by atoms with E-state index < -0.39 is 30.9 Å². The fraction of sp³-hybridized carbons (Fsp3) is 0.471. The van der Waals surface area contributed by atoms with Gasteiger partial charge in [0, 0.05) is 5.56 Å². The van der Waals surface area contributed by atoms with Gasteiger partial charge in [-0.2, -0.15) is 0 Å². The number of rotatable bonds is 10. The molecule has 2 saturated heterocycles. The maximum atomic E-state index is 6.69. The molecule has 0 radical (unpaired) electrons. The Balaban J connectivity index is 1.27. The molecule has 7 heteroatoms. The van der Waals surface area contributed by atoms with E-state index in [9.17, 15) is 0 Å². The van der Waals surface area contributed by atoms with Gasteiger partial charge in [0.2, 0.25) is 0 Å². The Hall–Kier alpha value is -2.78. The van der Waals surface area contributed by atoms with Crippen molar-refractivity contribution in [1.29, 1.82) is 0 Å². The van der Waals surface area contributed by atoms with Gasteiger partial charge in [-0.1, -0.05) is 92.1 Å². The van der Waals surface area contributed by atoms with Crippen molar-refractivity contribution in [3.05, 3.63) is 102 Å². The SMILES string of the molecule is COc1ccc(CO[C@@H]2[C@H](OC3CCCCC3)O[C@@H]3COC(c4ccccc4)O[C@H]3[C@@H]2OCc2ccccc2)cc1. The predicted octanol–water partition coefficient (Wildman–Crippen LogP) is 6.35. The molecule has 3 aromatic carbocycles. The van der Waals surface area contributed by atoms with Crippen molar-refractivity contribution in [3.63, 3.8) is 0 Å². The van der Waals surface area contributed by atoms with Crippen LogP contribution in [0.5, 0.6) is 5.75 Å². The average Bonchev–Trinajstić information content (AvgIpc) is 3.04. The van der Waals surface area contributed by atoms with Gasteiger partial charge in [-0.15, -0.1) is 0 Å². The zero-order valence-electron chi connectivity index (χ0n) is 23.6. The molecule has 0 amide bonds. The summed E-state index contributed by atoms with van der Waals surface area (Å²) in [5.74, 6) is 0.808. The Bertz CT molecular complexity index is 1180. The number of hydrogen-bond donors (Lipinski definition) is 0. The molecule has 6 rings (SSSR count). The molecule has 218 valence electrons. The molecule has 41 heavy (non-hydrogen) atoms. The van der Waals surface area contributed by atoms with Crippen molar-refractivity contribution < 1.29 is 33.2 Å². The van der Waals surface area contributed by atoms with Gasteiger partial charge in [0.15, 0.2) is 12.6 Å². The molecule has 6 atom stereocenters. The first-order valence-electron chi connectivity index (χ1n) is 14.8. The van der Waals surface area contributed by atoms with Crippen molar-refractivity contribution in [2.75, 3.05) is 13.7 Å². The summed E-state index contributed by atoms with van der Waals surface area (Å²) in [6.07, 6.45) is 2.98. The summed E-state index contributed by atoms with van der Waals surface area (Å²) in [5.41, 5.74) is 3.08. The van der Waals surface area contributed by atoms with Crippen LogP contribution in [0.1, 0.15) is 55.1 Å². The minimum Gasteiger partial charge on any atom is -0.497 e. The highest BCUT2D eigenvalue weighted by atomic mass is 16.8. The van der Waals surface area contributed by atoms with Crippen molar-refractivity contribution in [1.82, 2.24) is 0 Å². The van der Waals surface area contributed by atoms with Crippen molar-refractivity contribution >= 4 is 0 Å². The highest BCUT2D eigenvalue weighted by Crippen LogP contribution is 2.38. The lowest BCUT2D eigenvalue weighted by Crippen LogP contribution is -2.64. The molecule has 3 aliphatic rings. The van der Waals surface area contributed by atoms with E-state index in [4.69, 9.17) is 33.2 Å². The first kappa shape index (κ1) is 28.3. The van der Waals surface area contributed by atoms with Gasteiger partial charge in [-0.25, -0.2) is 0 Å². The summed E-state index contributed by atoms with van der Waals surface area (Å²) in [6.45, 7) is 1.18. The molecule has 0 bridgehead atoms. The first-order valence-corrected chi connectivity index (χ1v) is 14.8. The summed E-state index contributed by atoms with van der Waals surface area (Å²) in [4.78, 5) is 0. The van der Waals surface area contributed by atoms with Crippen molar-refractivity contribution in [2.24, 2.45) is 0 Å². The molecule has 1 aliphatic carbocycles. The number of methoxy groups -OCH3 is 1. The minimum atomic E-state index is -0.598.